The van der Waals surface area contributed by atoms with Gasteiger partial charge in [-0.2, -0.15) is 55.9 Å². The molecule has 5 N–H and O–H groups in total. The zero-order valence-corrected chi connectivity index (χ0v) is 40.2. The Morgan fingerprint density at radius 1 is 0.471 bits per heavy atom. The highest BCUT2D eigenvalue weighted by atomic mass is 32.2. The molecule has 0 atom stereocenters. The topological polar surface area (TPSA) is 313 Å². The van der Waals surface area contributed by atoms with Crippen LogP contribution in [0.3, 0.4) is 0 Å². The number of benzene rings is 7. The molecule has 0 aromatic heterocycles. The van der Waals surface area contributed by atoms with E-state index in [1.54, 1.807) is 106 Å². The van der Waals surface area contributed by atoms with Crippen LogP contribution in [0.25, 0.3) is 10.8 Å². The molecule has 0 spiro atoms. The van der Waals surface area contributed by atoms with Gasteiger partial charge in [-0.25, -0.2) is 0 Å². The van der Waals surface area contributed by atoms with Crippen molar-refractivity contribution in [1.29, 1.82) is 0 Å². The Bertz CT molecular complexity index is 3720. The Morgan fingerprint density at radius 3 is 1.54 bits per heavy atom. The molecule has 0 fully saturated rings. The van der Waals surface area contributed by atoms with E-state index in [0.29, 0.717) is 79.8 Å². The lowest BCUT2D eigenvalue weighted by Crippen LogP contribution is -2.03. The van der Waals surface area contributed by atoms with Gasteiger partial charge in [0.05, 0.1) is 58.9 Å². The number of nitrogens with one attached hydrogen (secondary N) is 1. The largest absolute Gasteiger partial charge is 0.505 e. The summed E-state index contributed by atoms with van der Waals surface area (Å²) in [4.78, 5) is -2.26. The van der Waals surface area contributed by atoms with Crippen LogP contribution in [-0.4, -0.2) is 58.2 Å². The third-order valence-electron chi connectivity index (χ3n) is 10.5. The predicted molar refractivity (Wildman–Crippen MR) is 259 cm³/mol. The molecular weight excluding hydrogens is 967 g/mol. The molecule has 0 bridgehead atoms. The number of aryl methyl sites for hydroxylation is 4. The fourth-order valence-electron chi connectivity index (χ4n) is 6.79. The van der Waals surface area contributed by atoms with Gasteiger partial charge in [0.15, 0.2) is 5.75 Å². The van der Waals surface area contributed by atoms with E-state index >= 15 is 0 Å². The fraction of sp³-hybridized carbons (Fsp3) is 0.130. The van der Waals surface area contributed by atoms with Gasteiger partial charge in [-0.05, 0) is 158 Å². The molecule has 0 radical (unpaired) electrons. The second kappa shape index (κ2) is 20.0. The zero-order valence-electron chi connectivity index (χ0n) is 37.7. The van der Waals surface area contributed by atoms with Crippen LogP contribution < -0.4 is 14.8 Å². The van der Waals surface area contributed by atoms with Crippen molar-refractivity contribution in [1.82, 2.24) is 0 Å². The first-order chi connectivity index (χ1) is 33.0. The maximum Gasteiger partial charge on any atom is 0.296 e. The Balaban J connectivity index is 1.05. The predicted octanol–water partition coefficient (Wildman–Crippen LogP) is 12.9. The first kappa shape index (κ1) is 50.0. The molecule has 70 heavy (non-hydrogen) atoms. The number of ether oxygens (including phenoxy) is 2. The summed E-state index contributed by atoms with van der Waals surface area (Å²) in [5, 5.41) is 48.8. The number of methoxy groups -OCH3 is 2. The van der Waals surface area contributed by atoms with Gasteiger partial charge in [-0.15, -0.1) is 10.2 Å². The molecule has 360 valence electrons. The molecule has 0 amide bonds. The lowest BCUT2D eigenvalue weighted by Gasteiger charge is -2.14. The standard InChI is InChI=1S/C46H41N9O12S3/c1-25-17-32(8-13-36(25)50-48-31-9-14-37(26(2)18-31)51-52-39-16-11-34(68(57,58)59)24-43(39)69(60,61)62)49-53-40-19-28(4)41(20-27(40)3)54-55-45-44(70(63,64)65)22-29-21-30(7-12-35(29)46(45)56)47-38-15-10-33(66-5)23-42(38)67-6/h7-24,47,56H,1-6H3,(H,57,58,59)(H,60,61,62)(H,63,64,65). The highest BCUT2D eigenvalue weighted by Gasteiger charge is 2.23. The summed E-state index contributed by atoms with van der Waals surface area (Å²) in [6, 6.07) is 27.0. The van der Waals surface area contributed by atoms with E-state index < -0.39 is 56.5 Å². The van der Waals surface area contributed by atoms with E-state index in [1.165, 1.54) is 20.3 Å². The minimum Gasteiger partial charge on any atom is -0.505 e. The van der Waals surface area contributed by atoms with Crippen molar-refractivity contribution in [3.05, 3.63) is 131 Å². The fourth-order valence-corrected chi connectivity index (χ4v) is 8.68. The van der Waals surface area contributed by atoms with E-state index in [-0.39, 0.29) is 16.5 Å². The minimum absolute atomic E-state index is 0.254. The number of aromatic hydroxyl groups is 1. The van der Waals surface area contributed by atoms with E-state index in [2.05, 4.69) is 46.2 Å². The average molecular weight is 1010 g/mol. The third kappa shape index (κ3) is 11.5. The van der Waals surface area contributed by atoms with Crippen molar-refractivity contribution >= 4 is 98.0 Å². The molecule has 0 aliphatic rings. The highest BCUT2D eigenvalue weighted by molar-refractivity contribution is 7.87. The normalized spacial score (nSPS) is 12.5. The first-order valence-corrected chi connectivity index (χ1v) is 24.7. The monoisotopic (exact) mass is 1010 g/mol. The molecular formula is C46H41N9O12S3. The minimum atomic E-state index is -4.93. The number of phenols is 1. The van der Waals surface area contributed by atoms with Crippen molar-refractivity contribution in [2.24, 2.45) is 40.9 Å². The maximum absolute atomic E-state index is 12.6. The van der Waals surface area contributed by atoms with Gasteiger partial charge in [0, 0.05) is 17.1 Å². The van der Waals surface area contributed by atoms with Crippen LogP contribution in [0.4, 0.5) is 56.9 Å². The Morgan fingerprint density at radius 2 is 1.00 bits per heavy atom. The molecule has 0 aliphatic heterocycles. The number of phenolic OH excluding ortho intramolecular Hbond substituents is 1. The van der Waals surface area contributed by atoms with Crippen LogP contribution >= 0.6 is 0 Å². The van der Waals surface area contributed by atoms with Crippen LogP contribution in [0.2, 0.25) is 0 Å². The third-order valence-corrected chi connectivity index (χ3v) is 13.1. The van der Waals surface area contributed by atoms with Crippen LogP contribution in [0.1, 0.15) is 22.3 Å². The second-order valence-electron chi connectivity index (χ2n) is 15.4. The molecule has 0 aliphatic carbocycles. The van der Waals surface area contributed by atoms with Crippen molar-refractivity contribution in [3.8, 4) is 17.2 Å². The molecule has 21 nitrogen and oxygen atoms in total. The van der Waals surface area contributed by atoms with Gasteiger partial charge in [-0.3, -0.25) is 13.7 Å². The van der Waals surface area contributed by atoms with E-state index in [0.717, 1.165) is 17.7 Å². The van der Waals surface area contributed by atoms with Crippen LogP contribution in [0, 0.1) is 27.7 Å². The van der Waals surface area contributed by atoms with Crippen LogP contribution in [-0.2, 0) is 30.4 Å². The quantitative estimate of drug-likeness (QED) is 0.0472. The number of nitrogens with zero attached hydrogens (tertiary/aromatic N) is 8. The summed E-state index contributed by atoms with van der Waals surface area (Å²) in [5.41, 5.74) is 5.52. The van der Waals surface area contributed by atoms with Crippen molar-refractivity contribution in [3.63, 3.8) is 0 Å². The summed E-state index contributed by atoms with van der Waals surface area (Å²) >= 11 is 0. The summed E-state index contributed by atoms with van der Waals surface area (Å²) in [7, 11) is -11.5. The summed E-state index contributed by atoms with van der Waals surface area (Å²) < 4.78 is 112. The Kier molecular flexibility index (Phi) is 14.3. The number of anilines is 2. The lowest BCUT2D eigenvalue weighted by atomic mass is 10.1. The molecule has 0 saturated carbocycles. The van der Waals surface area contributed by atoms with Crippen molar-refractivity contribution in [2.45, 2.75) is 42.4 Å². The summed E-state index contributed by atoms with van der Waals surface area (Å²) in [5.74, 6) is 0.568. The maximum atomic E-state index is 12.6. The average Bonchev–Trinajstić information content (AvgIpc) is 3.30. The molecule has 0 unspecified atom stereocenters. The summed E-state index contributed by atoms with van der Waals surface area (Å²) in [6.45, 7) is 7.03. The van der Waals surface area contributed by atoms with Gasteiger partial charge in [-0.1, -0.05) is 0 Å². The molecule has 0 saturated heterocycles. The number of fused-ring (bicyclic) bond motifs is 1. The number of hydrogen-bond acceptors (Lipinski definition) is 18. The van der Waals surface area contributed by atoms with E-state index in [1.807, 2.05) is 6.92 Å². The molecule has 24 heteroatoms. The molecule has 7 rings (SSSR count). The smallest absolute Gasteiger partial charge is 0.296 e. The Hall–Kier alpha value is -7.87. The van der Waals surface area contributed by atoms with Gasteiger partial charge >= 0.3 is 0 Å². The number of azo groups is 4. The van der Waals surface area contributed by atoms with Gasteiger partial charge in [0.25, 0.3) is 30.4 Å². The lowest BCUT2D eigenvalue weighted by molar-refractivity contribution is 0.395. The molecule has 7 aromatic carbocycles. The number of hydrogen-bond donors (Lipinski definition) is 5. The van der Waals surface area contributed by atoms with Gasteiger partial charge < -0.3 is 19.9 Å². The number of rotatable bonds is 15. The van der Waals surface area contributed by atoms with E-state index in [4.69, 9.17) is 9.47 Å². The Labute approximate surface area is 401 Å². The molecule has 0 heterocycles. The van der Waals surface area contributed by atoms with Crippen molar-refractivity contribution < 1.29 is 53.5 Å². The van der Waals surface area contributed by atoms with Crippen LogP contribution in [0.5, 0.6) is 17.2 Å². The second-order valence-corrected chi connectivity index (χ2v) is 19.6. The molecule has 7 aromatic rings. The summed E-state index contributed by atoms with van der Waals surface area (Å²) in [6.07, 6.45) is 0. The van der Waals surface area contributed by atoms with Gasteiger partial charge in [0.1, 0.15) is 32.7 Å². The van der Waals surface area contributed by atoms with Crippen LogP contribution in [0.15, 0.2) is 165 Å². The highest BCUT2D eigenvalue weighted by Crippen LogP contribution is 2.43. The SMILES string of the molecule is COc1ccc(Nc2ccc3c(O)c(N=Nc4cc(C)c(N=Nc5ccc(N=Nc6ccc(N=Nc7ccc(S(=O)(=O)O)cc7S(=O)(=O)O)c(C)c6)c(C)c5)cc4C)c(S(=O)(=O)O)cc3c2)c(OC)c1. The van der Waals surface area contributed by atoms with Crippen molar-refractivity contribution in [2.75, 3.05) is 19.5 Å². The van der Waals surface area contributed by atoms with Gasteiger partial charge in [0.2, 0.25) is 0 Å². The zero-order chi connectivity index (χ0) is 50.7. The first-order valence-electron chi connectivity index (χ1n) is 20.4. The van der Waals surface area contributed by atoms with E-state index in [9.17, 15) is 44.0 Å².